The van der Waals surface area contributed by atoms with Crippen molar-refractivity contribution in [3.63, 3.8) is 0 Å². The number of nitrogens with one attached hydrogen (secondary N) is 1. The Hall–Kier alpha value is -0.460. The van der Waals surface area contributed by atoms with Gasteiger partial charge in [0.15, 0.2) is 5.82 Å². The number of hydrogen-bond acceptors (Lipinski definition) is 6. The van der Waals surface area contributed by atoms with Gasteiger partial charge in [-0.2, -0.15) is 4.37 Å². The summed E-state index contributed by atoms with van der Waals surface area (Å²) >= 11 is 3.04. The first kappa shape index (κ1) is 12.6. The number of nitrogens with zero attached hydrogens (tertiary/aromatic N) is 1. The molecule has 0 aromatic carbocycles. The fourth-order valence-corrected chi connectivity index (χ4v) is 2.81. The Morgan fingerprint density at radius 3 is 3.00 bits per heavy atom. The molecule has 1 aromatic rings. The zero-order valence-corrected chi connectivity index (χ0v) is 10.9. The van der Waals surface area contributed by atoms with E-state index >= 15 is 0 Å². The number of hydrogen-bond donors (Lipinski definition) is 2. The average Bonchev–Trinajstić information content (AvgIpc) is 2.56. The molecule has 4 nitrogen and oxygen atoms in total. The second-order valence-corrected chi connectivity index (χ2v) is 4.85. The summed E-state index contributed by atoms with van der Waals surface area (Å²) in [4.78, 5) is 1.05. The fraction of sp³-hybridized carbons (Fsp3) is 0.667. The average molecular weight is 247 g/mol. The molecule has 0 spiro atoms. The predicted molar refractivity (Wildman–Crippen MR) is 67.9 cm³/mol. The van der Waals surface area contributed by atoms with E-state index in [9.17, 15) is 0 Å². The Morgan fingerprint density at radius 1 is 1.67 bits per heavy atom. The summed E-state index contributed by atoms with van der Waals surface area (Å²) in [5.74, 6) is 0.619. The van der Waals surface area contributed by atoms with Crippen LogP contribution in [0, 0.1) is 0 Å². The van der Waals surface area contributed by atoms with Crippen LogP contribution in [0.2, 0.25) is 0 Å². The molecule has 0 fully saturated rings. The second kappa shape index (κ2) is 6.19. The number of nitrogens with two attached hydrogens (primary N) is 1. The molecule has 3 N–H and O–H groups in total. The SMILES string of the molecule is COCCC(C)Nc1snc(N)c1SC. The van der Waals surface area contributed by atoms with E-state index in [1.807, 2.05) is 6.26 Å². The van der Waals surface area contributed by atoms with Gasteiger partial charge >= 0.3 is 0 Å². The van der Waals surface area contributed by atoms with Gasteiger partial charge in [0.1, 0.15) is 5.00 Å². The molecule has 0 saturated carbocycles. The fourth-order valence-electron chi connectivity index (χ4n) is 1.17. The van der Waals surface area contributed by atoms with Crippen LogP contribution in [-0.2, 0) is 4.74 Å². The van der Waals surface area contributed by atoms with E-state index in [0.29, 0.717) is 11.9 Å². The highest BCUT2D eigenvalue weighted by atomic mass is 32.2. The third-order valence-corrected chi connectivity index (χ3v) is 3.75. The topological polar surface area (TPSA) is 60.2 Å². The highest BCUT2D eigenvalue weighted by Crippen LogP contribution is 2.35. The molecule has 1 heterocycles. The van der Waals surface area contributed by atoms with Gasteiger partial charge < -0.3 is 15.8 Å². The number of nitrogen functional groups attached to an aromatic ring is 1. The van der Waals surface area contributed by atoms with E-state index in [4.69, 9.17) is 10.5 Å². The molecule has 15 heavy (non-hydrogen) atoms. The van der Waals surface area contributed by atoms with Crippen molar-refractivity contribution in [1.29, 1.82) is 0 Å². The van der Waals surface area contributed by atoms with Gasteiger partial charge in [0.25, 0.3) is 0 Å². The first-order valence-corrected chi connectivity index (χ1v) is 6.73. The van der Waals surface area contributed by atoms with E-state index in [0.717, 1.165) is 22.9 Å². The van der Waals surface area contributed by atoms with Gasteiger partial charge in [0, 0.05) is 19.8 Å². The number of thioether (sulfide) groups is 1. The van der Waals surface area contributed by atoms with Crippen LogP contribution >= 0.6 is 23.3 Å². The summed E-state index contributed by atoms with van der Waals surface area (Å²) in [6.45, 7) is 2.89. The lowest BCUT2D eigenvalue weighted by atomic mass is 10.2. The van der Waals surface area contributed by atoms with E-state index in [1.165, 1.54) is 11.5 Å². The minimum Gasteiger partial charge on any atom is -0.385 e. The molecule has 0 aliphatic heterocycles. The van der Waals surface area contributed by atoms with Gasteiger partial charge in [0.2, 0.25) is 0 Å². The van der Waals surface area contributed by atoms with Crippen LogP contribution in [-0.4, -0.2) is 30.4 Å². The molecule has 1 aromatic heterocycles. The van der Waals surface area contributed by atoms with Crippen LogP contribution in [0.15, 0.2) is 4.90 Å². The number of aromatic nitrogens is 1. The molecule has 0 aliphatic rings. The molecule has 86 valence electrons. The minimum atomic E-state index is 0.371. The summed E-state index contributed by atoms with van der Waals surface area (Å²) in [6.07, 6.45) is 2.98. The summed E-state index contributed by atoms with van der Waals surface area (Å²) < 4.78 is 9.16. The lowest BCUT2D eigenvalue weighted by molar-refractivity contribution is 0.191. The van der Waals surface area contributed by atoms with Crippen molar-refractivity contribution >= 4 is 34.1 Å². The zero-order valence-electron chi connectivity index (χ0n) is 9.24. The Bertz CT molecular complexity index is 304. The molecule has 1 atom stereocenters. The summed E-state index contributed by atoms with van der Waals surface area (Å²) in [5.41, 5.74) is 5.74. The van der Waals surface area contributed by atoms with Gasteiger partial charge in [-0.1, -0.05) is 0 Å². The van der Waals surface area contributed by atoms with Crippen molar-refractivity contribution in [2.45, 2.75) is 24.3 Å². The Kier molecular flexibility index (Phi) is 5.21. The predicted octanol–water partition coefficient (Wildman–Crippen LogP) is 2.28. The molecular formula is C9H17N3OS2. The van der Waals surface area contributed by atoms with Crippen LogP contribution in [0.5, 0.6) is 0 Å². The summed E-state index contributed by atoms with van der Waals surface area (Å²) in [6, 6.07) is 0.371. The summed E-state index contributed by atoms with van der Waals surface area (Å²) in [7, 11) is 1.71. The number of ether oxygens (including phenoxy) is 1. The highest BCUT2D eigenvalue weighted by Gasteiger charge is 2.12. The van der Waals surface area contributed by atoms with Crippen molar-refractivity contribution in [2.24, 2.45) is 0 Å². The van der Waals surface area contributed by atoms with Crippen LogP contribution in [0.25, 0.3) is 0 Å². The van der Waals surface area contributed by atoms with E-state index < -0.39 is 0 Å². The molecule has 0 aliphatic carbocycles. The van der Waals surface area contributed by atoms with Crippen LogP contribution in [0.3, 0.4) is 0 Å². The van der Waals surface area contributed by atoms with Crippen molar-refractivity contribution in [1.82, 2.24) is 4.37 Å². The molecule has 0 amide bonds. The van der Waals surface area contributed by atoms with Gasteiger partial charge in [0.05, 0.1) is 4.90 Å². The van der Waals surface area contributed by atoms with Gasteiger partial charge in [-0.3, -0.25) is 0 Å². The zero-order chi connectivity index (χ0) is 11.3. The molecule has 1 rings (SSSR count). The van der Waals surface area contributed by atoms with Crippen molar-refractivity contribution in [2.75, 3.05) is 31.0 Å². The maximum Gasteiger partial charge on any atom is 0.153 e. The largest absolute Gasteiger partial charge is 0.385 e. The van der Waals surface area contributed by atoms with E-state index in [-0.39, 0.29) is 0 Å². The normalized spacial score (nSPS) is 12.7. The Labute approximate surface area is 98.7 Å². The van der Waals surface area contributed by atoms with Crippen LogP contribution in [0.1, 0.15) is 13.3 Å². The van der Waals surface area contributed by atoms with E-state index in [1.54, 1.807) is 18.9 Å². The number of rotatable bonds is 6. The Morgan fingerprint density at radius 2 is 2.40 bits per heavy atom. The van der Waals surface area contributed by atoms with Gasteiger partial charge in [-0.15, -0.1) is 11.8 Å². The Balaban J connectivity index is 2.55. The number of anilines is 2. The lowest BCUT2D eigenvalue weighted by Gasteiger charge is -2.13. The second-order valence-electron chi connectivity index (χ2n) is 3.26. The van der Waals surface area contributed by atoms with E-state index in [2.05, 4.69) is 16.6 Å². The highest BCUT2D eigenvalue weighted by molar-refractivity contribution is 7.99. The molecule has 0 bridgehead atoms. The maximum absolute atomic E-state index is 5.74. The third-order valence-electron chi connectivity index (χ3n) is 2.01. The quantitative estimate of drug-likeness (QED) is 0.755. The molecule has 6 heteroatoms. The van der Waals surface area contributed by atoms with Crippen LogP contribution < -0.4 is 11.1 Å². The monoisotopic (exact) mass is 247 g/mol. The molecule has 1 unspecified atom stereocenters. The standard InChI is InChI=1S/C9H17N3OS2/c1-6(4-5-13-2)11-9-7(14-3)8(10)12-15-9/h6,11H,4-5H2,1-3H3,(H2,10,12). The van der Waals surface area contributed by atoms with Crippen LogP contribution in [0.4, 0.5) is 10.8 Å². The maximum atomic E-state index is 5.74. The first-order chi connectivity index (χ1) is 7.19. The third kappa shape index (κ3) is 3.55. The lowest BCUT2D eigenvalue weighted by Crippen LogP contribution is -2.16. The first-order valence-electron chi connectivity index (χ1n) is 4.73. The van der Waals surface area contributed by atoms with Gasteiger partial charge in [-0.05, 0) is 31.1 Å². The molecule has 0 saturated heterocycles. The number of methoxy groups -OCH3 is 1. The summed E-state index contributed by atoms with van der Waals surface area (Å²) in [5, 5.41) is 4.45. The smallest absolute Gasteiger partial charge is 0.153 e. The minimum absolute atomic E-state index is 0.371. The van der Waals surface area contributed by atoms with Crippen molar-refractivity contribution < 1.29 is 4.74 Å². The van der Waals surface area contributed by atoms with Crippen molar-refractivity contribution in [3.8, 4) is 0 Å². The van der Waals surface area contributed by atoms with Crippen molar-refractivity contribution in [3.05, 3.63) is 0 Å². The molecule has 0 radical (unpaired) electrons. The van der Waals surface area contributed by atoms with Gasteiger partial charge in [-0.25, -0.2) is 0 Å². The molecular weight excluding hydrogens is 230 g/mol.